The molecule has 0 aliphatic heterocycles. The highest BCUT2D eigenvalue weighted by molar-refractivity contribution is 7.90. The second kappa shape index (κ2) is 7.49. The summed E-state index contributed by atoms with van der Waals surface area (Å²) in [6, 6.07) is 13.2. The SMILES string of the molecule is CCOc1cccc([C@H](C)NC(=O)c2ccc(S(C)(=O)=O)cc2)c1. The molecule has 5 nitrogen and oxygen atoms in total. The van der Waals surface area contributed by atoms with E-state index in [-0.39, 0.29) is 16.8 Å². The third kappa shape index (κ3) is 4.58. The van der Waals surface area contributed by atoms with Crippen molar-refractivity contribution in [2.45, 2.75) is 24.8 Å². The Morgan fingerprint density at radius 1 is 1.17 bits per heavy atom. The Morgan fingerprint density at radius 3 is 2.42 bits per heavy atom. The number of ether oxygens (including phenoxy) is 1. The third-order valence-corrected chi connectivity index (χ3v) is 4.69. The Labute approximate surface area is 142 Å². The Kier molecular flexibility index (Phi) is 5.62. The van der Waals surface area contributed by atoms with Crippen molar-refractivity contribution in [2.75, 3.05) is 12.9 Å². The van der Waals surface area contributed by atoms with Crippen LogP contribution >= 0.6 is 0 Å². The number of carbonyl (C=O) groups is 1. The predicted octanol–water partition coefficient (Wildman–Crippen LogP) is 2.98. The predicted molar refractivity (Wildman–Crippen MR) is 93.0 cm³/mol. The van der Waals surface area contributed by atoms with Crippen LogP contribution in [0.15, 0.2) is 53.4 Å². The molecule has 0 spiro atoms. The number of rotatable bonds is 6. The smallest absolute Gasteiger partial charge is 0.251 e. The second-order valence-electron chi connectivity index (χ2n) is 5.50. The highest BCUT2D eigenvalue weighted by Crippen LogP contribution is 2.20. The van der Waals surface area contributed by atoms with Gasteiger partial charge < -0.3 is 10.1 Å². The Morgan fingerprint density at radius 2 is 1.83 bits per heavy atom. The summed E-state index contributed by atoms with van der Waals surface area (Å²) < 4.78 is 28.4. The van der Waals surface area contributed by atoms with Crippen LogP contribution in [0.4, 0.5) is 0 Å². The molecule has 0 aromatic heterocycles. The molecule has 0 radical (unpaired) electrons. The lowest BCUT2D eigenvalue weighted by atomic mass is 10.1. The molecule has 1 atom stereocenters. The Hall–Kier alpha value is -2.34. The van der Waals surface area contributed by atoms with Crippen LogP contribution in [0.1, 0.15) is 35.8 Å². The number of hydrogen-bond acceptors (Lipinski definition) is 4. The summed E-state index contributed by atoms with van der Waals surface area (Å²) in [5.41, 5.74) is 1.34. The molecule has 2 aromatic rings. The van der Waals surface area contributed by atoms with E-state index >= 15 is 0 Å². The van der Waals surface area contributed by atoms with Crippen molar-refractivity contribution in [2.24, 2.45) is 0 Å². The molecule has 0 saturated heterocycles. The van der Waals surface area contributed by atoms with Gasteiger partial charge in [-0.05, 0) is 55.8 Å². The van der Waals surface area contributed by atoms with Crippen molar-refractivity contribution < 1.29 is 17.9 Å². The number of sulfone groups is 1. The first-order valence-corrected chi connectivity index (χ1v) is 9.54. The molecule has 1 N–H and O–H groups in total. The van der Waals surface area contributed by atoms with Gasteiger partial charge in [0.15, 0.2) is 9.84 Å². The van der Waals surface area contributed by atoms with Crippen molar-refractivity contribution >= 4 is 15.7 Å². The van der Waals surface area contributed by atoms with Crippen LogP contribution in [0, 0.1) is 0 Å². The molecule has 0 unspecified atom stereocenters. The summed E-state index contributed by atoms with van der Waals surface area (Å²) in [4.78, 5) is 12.5. The summed E-state index contributed by atoms with van der Waals surface area (Å²) in [6.45, 7) is 4.38. The van der Waals surface area contributed by atoms with Crippen LogP contribution in [0.25, 0.3) is 0 Å². The monoisotopic (exact) mass is 347 g/mol. The topological polar surface area (TPSA) is 72.5 Å². The maximum Gasteiger partial charge on any atom is 0.251 e. The summed E-state index contributed by atoms with van der Waals surface area (Å²) in [5.74, 6) is 0.498. The van der Waals surface area contributed by atoms with Gasteiger partial charge in [0.25, 0.3) is 5.91 Å². The largest absolute Gasteiger partial charge is 0.494 e. The van der Waals surface area contributed by atoms with Gasteiger partial charge in [0.05, 0.1) is 17.5 Å². The van der Waals surface area contributed by atoms with Crippen molar-refractivity contribution in [3.8, 4) is 5.75 Å². The van der Waals surface area contributed by atoms with Crippen molar-refractivity contribution in [3.05, 3.63) is 59.7 Å². The molecule has 1 amide bonds. The van der Waals surface area contributed by atoms with E-state index in [1.54, 1.807) is 0 Å². The molecule has 0 fully saturated rings. The molecule has 0 saturated carbocycles. The number of carbonyl (C=O) groups excluding carboxylic acids is 1. The van der Waals surface area contributed by atoms with Crippen LogP contribution in [0.2, 0.25) is 0 Å². The summed E-state index contributed by atoms with van der Waals surface area (Å²) >= 11 is 0. The number of nitrogens with one attached hydrogen (secondary N) is 1. The molecule has 0 aliphatic rings. The van der Waals surface area contributed by atoms with Gasteiger partial charge in [-0.1, -0.05) is 12.1 Å². The average molecular weight is 347 g/mol. The first kappa shape index (κ1) is 18.0. The zero-order valence-corrected chi connectivity index (χ0v) is 14.8. The standard InChI is InChI=1S/C18H21NO4S/c1-4-23-16-7-5-6-15(12-16)13(2)19-18(20)14-8-10-17(11-9-14)24(3,21)22/h5-13H,4H2,1-3H3,(H,19,20)/t13-/m0/s1. The molecular weight excluding hydrogens is 326 g/mol. The number of amides is 1. The first-order valence-electron chi connectivity index (χ1n) is 7.65. The van der Waals surface area contributed by atoms with E-state index in [4.69, 9.17) is 4.74 Å². The van der Waals surface area contributed by atoms with E-state index < -0.39 is 9.84 Å². The van der Waals surface area contributed by atoms with Gasteiger partial charge in [-0.25, -0.2) is 8.42 Å². The van der Waals surface area contributed by atoms with Crippen molar-refractivity contribution in [1.29, 1.82) is 0 Å². The maximum atomic E-state index is 12.3. The van der Waals surface area contributed by atoms with Crippen LogP contribution in [-0.4, -0.2) is 27.2 Å². The van der Waals surface area contributed by atoms with Crippen molar-refractivity contribution in [1.82, 2.24) is 5.32 Å². The minimum atomic E-state index is -3.27. The maximum absolute atomic E-state index is 12.3. The zero-order valence-electron chi connectivity index (χ0n) is 13.9. The highest BCUT2D eigenvalue weighted by atomic mass is 32.2. The third-order valence-electron chi connectivity index (χ3n) is 3.56. The van der Waals surface area contributed by atoms with Gasteiger partial charge >= 0.3 is 0 Å². The lowest BCUT2D eigenvalue weighted by Crippen LogP contribution is -2.26. The fourth-order valence-corrected chi connectivity index (χ4v) is 2.89. The van der Waals surface area contributed by atoms with E-state index in [1.165, 1.54) is 24.3 Å². The molecule has 0 aliphatic carbocycles. The number of hydrogen-bond donors (Lipinski definition) is 1. The molecule has 0 heterocycles. The fraction of sp³-hybridized carbons (Fsp3) is 0.278. The van der Waals surface area contributed by atoms with Gasteiger partial charge in [0.1, 0.15) is 5.75 Å². The molecule has 2 aromatic carbocycles. The molecule has 6 heteroatoms. The van der Waals surface area contributed by atoms with E-state index in [0.717, 1.165) is 17.6 Å². The Bertz CT molecular complexity index is 813. The van der Waals surface area contributed by atoms with E-state index in [0.29, 0.717) is 12.2 Å². The van der Waals surface area contributed by atoms with Gasteiger partial charge in [-0.2, -0.15) is 0 Å². The summed E-state index contributed by atoms with van der Waals surface area (Å²) in [7, 11) is -3.27. The molecule has 128 valence electrons. The number of benzene rings is 2. The molecule has 2 rings (SSSR count). The van der Waals surface area contributed by atoms with Gasteiger partial charge in [0.2, 0.25) is 0 Å². The van der Waals surface area contributed by atoms with Gasteiger partial charge in [-0.3, -0.25) is 4.79 Å². The molecular formula is C18H21NO4S. The van der Waals surface area contributed by atoms with Gasteiger partial charge in [0, 0.05) is 11.8 Å². The van der Waals surface area contributed by atoms with E-state index in [2.05, 4.69) is 5.32 Å². The highest BCUT2D eigenvalue weighted by Gasteiger charge is 2.13. The van der Waals surface area contributed by atoms with E-state index in [1.807, 2.05) is 38.1 Å². The zero-order chi connectivity index (χ0) is 17.7. The first-order chi connectivity index (χ1) is 11.3. The second-order valence-corrected chi connectivity index (χ2v) is 7.51. The Balaban J connectivity index is 2.10. The quantitative estimate of drug-likeness (QED) is 0.872. The van der Waals surface area contributed by atoms with Crippen LogP contribution in [-0.2, 0) is 9.84 Å². The van der Waals surface area contributed by atoms with Crippen molar-refractivity contribution in [3.63, 3.8) is 0 Å². The minimum absolute atomic E-state index is 0.191. The summed E-state index contributed by atoms with van der Waals surface area (Å²) in [5, 5.41) is 2.90. The molecule has 24 heavy (non-hydrogen) atoms. The van der Waals surface area contributed by atoms with Gasteiger partial charge in [-0.15, -0.1) is 0 Å². The fourth-order valence-electron chi connectivity index (χ4n) is 2.26. The van der Waals surface area contributed by atoms with Crippen LogP contribution in [0.5, 0.6) is 5.75 Å². The normalized spacial score (nSPS) is 12.5. The average Bonchev–Trinajstić information content (AvgIpc) is 2.54. The summed E-state index contributed by atoms with van der Waals surface area (Å²) in [6.07, 6.45) is 1.13. The minimum Gasteiger partial charge on any atom is -0.494 e. The molecule has 0 bridgehead atoms. The lowest BCUT2D eigenvalue weighted by molar-refractivity contribution is 0.0939. The lowest BCUT2D eigenvalue weighted by Gasteiger charge is -2.15. The van der Waals surface area contributed by atoms with Crippen LogP contribution < -0.4 is 10.1 Å². The van der Waals surface area contributed by atoms with Crippen LogP contribution in [0.3, 0.4) is 0 Å². The van der Waals surface area contributed by atoms with E-state index in [9.17, 15) is 13.2 Å².